The van der Waals surface area contributed by atoms with Gasteiger partial charge in [-0.3, -0.25) is 10.1 Å². The Balaban J connectivity index is 2.15. The third-order valence-electron chi connectivity index (χ3n) is 3.64. The second kappa shape index (κ2) is 8.11. The summed E-state index contributed by atoms with van der Waals surface area (Å²) in [5.41, 5.74) is 1.49. The average molecular weight is 358 g/mol. The maximum absolute atomic E-state index is 12.4. The van der Waals surface area contributed by atoms with Crippen LogP contribution < -0.4 is 4.90 Å². The highest BCUT2D eigenvalue weighted by Crippen LogP contribution is 2.25. The van der Waals surface area contributed by atoms with E-state index in [1.54, 1.807) is 43.3 Å². The van der Waals surface area contributed by atoms with Gasteiger partial charge in [-0.1, -0.05) is 12.1 Å². The molecule has 0 aliphatic rings. The maximum Gasteiger partial charge on any atom is 0.340 e. The smallest absolute Gasteiger partial charge is 0.340 e. The summed E-state index contributed by atoms with van der Waals surface area (Å²) < 4.78 is 9.88. The molecule has 0 amide bonds. The van der Waals surface area contributed by atoms with Crippen molar-refractivity contribution in [2.75, 3.05) is 26.1 Å². The van der Waals surface area contributed by atoms with E-state index in [1.807, 2.05) is 0 Å². The zero-order valence-electron chi connectivity index (χ0n) is 14.6. The molecule has 26 heavy (non-hydrogen) atoms. The molecule has 8 heteroatoms. The van der Waals surface area contributed by atoms with E-state index in [0.29, 0.717) is 16.8 Å². The monoisotopic (exact) mass is 358 g/mol. The number of hydrogen-bond acceptors (Lipinski definition) is 7. The van der Waals surface area contributed by atoms with Gasteiger partial charge in [-0.05, 0) is 23.8 Å². The predicted octanol–water partition coefficient (Wildman–Crippen LogP) is 2.80. The summed E-state index contributed by atoms with van der Waals surface area (Å²) >= 11 is 0. The molecule has 2 aromatic rings. The molecular formula is C18H18N2O6. The van der Waals surface area contributed by atoms with Gasteiger partial charge in [0.1, 0.15) is 6.61 Å². The third kappa shape index (κ3) is 4.35. The maximum atomic E-state index is 12.4. The fraction of sp³-hybridized carbons (Fsp3) is 0.222. The van der Waals surface area contributed by atoms with Crippen LogP contribution in [-0.2, 0) is 16.1 Å². The molecule has 2 rings (SSSR count). The van der Waals surface area contributed by atoms with Crippen molar-refractivity contribution in [3.05, 3.63) is 69.3 Å². The molecular weight excluding hydrogens is 340 g/mol. The zero-order chi connectivity index (χ0) is 19.3. The van der Waals surface area contributed by atoms with Crippen molar-refractivity contribution in [1.29, 1.82) is 0 Å². The van der Waals surface area contributed by atoms with E-state index < -0.39 is 16.9 Å². The van der Waals surface area contributed by atoms with Crippen molar-refractivity contribution >= 4 is 23.3 Å². The number of methoxy groups -OCH3 is 1. The van der Waals surface area contributed by atoms with Crippen LogP contribution in [0.15, 0.2) is 42.5 Å². The molecule has 8 nitrogen and oxygen atoms in total. The SMILES string of the molecule is COC(=O)c1ccc(COC(=O)c2cc([N+](=O)[O-])ccc2N(C)C)cc1. The summed E-state index contributed by atoms with van der Waals surface area (Å²) in [4.78, 5) is 35.8. The summed E-state index contributed by atoms with van der Waals surface area (Å²) in [5, 5.41) is 11.0. The molecule has 0 fully saturated rings. The Morgan fingerprint density at radius 3 is 2.27 bits per heavy atom. The first-order valence-electron chi connectivity index (χ1n) is 7.63. The van der Waals surface area contributed by atoms with Crippen LogP contribution in [0.1, 0.15) is 26.3 Å². The van der Waals surface area contributed by atoms with Crippen LogP contribution in [0.5, 0.6) is 0 Å². The standard InChI is InChI=1S/C18H18N2O6/c1-19(2)16-9-8-14(20(23)24)10-15(16)18(22)26-11-12-4-6-13(7-5-12)17(21)25-3/h4-10H,11H2,1-3H3. The van der Waals surface area contributed by atoms with Crippen LogP contribution in [0, 0.1) is 10.1 Å². The number of ether oxygens (including phenoxy) is 2. The lowest BCUT2D eigenvalue weighted by molar-refractivity contribution is -0.384. The van der Waals surface area contributed by atoms with Crippen molar-refractivity contribution in [2.45, 2.75) is 6.61 Å². The Bertz CT molecular complexity index is 830. The van der Waals surface area contributed by atoms with Crippen molar-refractivity contribution in [3.8, 4) is 0 Å². The number of esters is 2. The normalized spacial score (nSPS) is 10.1. The molecule has 0 aromatic heterocycles. The van der Waals surface area contributed by atoms with Crippen LogP contribution in [0.3, 0.4) is 0 Å². The van der Waals surface area contributed by atoms with Crippen molar-refractivity contribution in [1.82, 2.24) is 0 Å². The van der Waals surface area contributed by atoms with Gasteiger partial charge in [0, 0.05) is 26.2 Å². The molecule has 0 bridgehead atoms. The minimum absolute atomic E-state index is 0.0319. The zero-order valence-corrected chi connectivity index (χ0v) is 14.6. The quantitative estimate of drug-likeness (QED) is 0.445. The Kier molecular flexibility index (Phi) is 5.90. The number of carbonyl (C=O) groups excluding carboxylic acids is 2. The van der Waals surface area contributed by atoms with Crippen molar-refractivity contribution < 1.29 is 24.0 Å². The minimum atomic E-state index is -0.672. The fourth-order valence-corrected chi connectivity index (χ4v) is 2.27. The summed E-state index contributed by atoms with van der Waals surface area (Å²) in [7, 11) is 4.74. The van der Waals surface area contributed by atoms with Gasteiger partial charge < -0.3 is 14.4 Å². The molecule has 0 saturated heterocycles. The number of rotatable bonds is 6. The lowest BCUT2D eigenvalue weighted by Crippen LogP contribution is -2.16. The van der Waals surface area contributed by atoms with Crippen LogP contribution in [0.25, 0.3) is 0 Å². The molecule has 136 valence electrons. The molecule has 0 unspecified atom stereocenters. The van der Waals surface area contributed by atoms with Gasteiger partial charge in [-0.25, -0.2) is 9.59 Å². The largest absolute Gasteiger partial charge is 0.465 e. The van der Waals surface area contributed by atoms with Gasteiger partial charge in [0.15, 0.2) is 0 Å². The second-order valence-corrected chi connectivity index (χ2v) is 5.62. The second-order valence-electron chi connectivity index (χ2n) is 5.62. The molecule has 0 aliphatic heterocycles. The van der Waals surface area contributed by atoms with Gasteiger partial charge >= 0.3 is 11.9 Å². The molecule has 0 spiro atoms. The first kappa shape index (κ1) is 18.9. The van der Waals surface area contributed by atoms with Gasteiger partial charge in [-0.15, -0.1) is 0 Å². The summed E-state index contributed by atoms with van der Waals surface area (Å²) in [5.74, 6) is -1.13. The van der Waals surface area contributed by atoms with Crippen LogP contribution >= 0.6 is 0 Å². The number of nitro benzene ring substituents is 1. The molecule has 0 saturated carbocycles. The minimum Gasteiger partial charge on any atom is -0.465 e. The van der Waals surface area contributed by atoms with E-state index in [9.17, 15) is 19.7 Å². The highest BCUT2D eigenvalue weighted by molar-refractivity contribution is 5.96. The Hall–Kier alpha value is -3.42. The van der Waals surface area contributed by atoms with Gasteiger partial charge in [0.25, 0.3) is 5.69 Å². The number of nitro groups is 1. The molecule has 2 aromatic carbocycles. The Morgan fingerprint density at radius 1 is 1.08 bits per heavy atom. The molecule has 0 N–H and O–H groups in total. The first-order valence-corrected chi connectivity index (χ1v) is 7.63. The molecule has 0 aliphatic carbocycles. The highest BCUT2D eigenvalue weighted by atomic mass is 16.6. The van der Waals surface area contributed by atoms with Crippen LogP contribution in [0.2, 0.25) is 0 Å². The van der Waals surface area contributed by atoms with E-state index >= 15 is 0 Å². The van der Waals surface area contributed by atoms with Crippen molar-refractivity contribution in [2.24, 2.45) is 0 Å². The summed E-state index contributed by atoms with van der Waals surface area (Å²) in [6, 6.07) is 10.4. The molecule has 0 atom stereocenters. The summed E-state index contributed by atoms with van der Waals surface area (Å²) in [6.45, 7) is -0.0319. The van der Waals surface area contributed by atoms with Gasteiger partial charge in [0.2, 0.25) is 0 Å². The Labute approximate surface area is 150 Å². The topological polar surface area (TPSA) is 99.0 Å². The highest BCUT2D eigenvalue weighted by Gasteiger charge is 2.19. The van der Waals surface area contributed by atoms with E-state index in [1.165, 1.54) is 25.3 Å². The van der Waals surface area contributed by atoms with Gasteiger partial charge in [0.05, 0.1) is 28.8 Å². The predicted molar refractivity (Wildman–Crippen MR) is 94.3 cm³/mol. The van der Waals surface area contributed by atoms with Crippen LogP contribution in [0.4, 0.5) is 11.4 Å². The average Bonchev–Trinajstić information content (AvgIpc) is 2.65. The first-order chi connectivity index (χ1) is 12.3. The van der Waals surface area contributed by atoms with E-state index in [0.717, 1.165) is 0 Å². The number of anilines is 1. The number of nitrogens with zero attached hydrogens (tertiary/aromatic N) is 2. The number of benzene rings is 2. The van der Waals surface area contributed by atoms with E-state index in [4.69, 9.17) is 4.74 Å². The van der Waals surface area contributed by atoms with E-state index in [-0.39, 0.29) is 17.9 Å². The lowest BCUT2D eigenvalue weighted by atomic mass is 10.1. The van der Waals surface area contributed by atoms with Crippen LogP contribution in [-0.4, -0.2) is 38.1 Å². The lowest BCUT2D eigenvalue weighted by Gasteiger charge is -2.16. The molecule has 0 radical (unpaired) electrons. The number of carbonyl (C=O) groups is 2. The van der Waals surface area contributed by atoms with Gasteiger partial charge in [-0.2, -0.15) is 0 Å². The third-order valence-corrected chi connectivity index (χ3v) is 3.64. The summed E-state index contributed by atoms with van der Waals surface area (Å²) in [6.07, 6.45) is 0. The van der Waals surface area contributed by atoms with E-state index in [2.05, 4.69) is 4.74 Å². The fourth-order valence-electron chi connectivity index (χ4n) is 2.27. The Morgan fingerprint density at radius 2 is 1.73 bits per heavy atom. The number of non-ortho nitro benzene ring substituents is 1. The number of hydrogen-bond donors (Lipinski definition) is 0. The molecule has 0 heterocycles. The van der Waals surface area contributed by atoms with Crippen molar-refractivity contribution in [3.63, 3.8) is 0 Å².